The first-order valence-corrected chi connectivity index (χ1v) is 9.35. The van der Waals surface area contributed by atoms with Crippen LogP contribution >= 0.6 is 0 Å². The van der Waals surface area contributed by atoms with E-state index in [4.69, 9.17) is 0 Å². The predicted octanol–water partition coefficient (Wildman–Crippen LogP) is 5.52. The zero-order valence-electron chi connectivity index (χ0n) is 16.0. The van der Waals surface area contributed by atoms with Crippen LogP contribution < -0.4 is 10.7 Å². The molecule has 0 aliphatic rings. The molecule has 0 spiro atoms. The molecule has 4 rings (SSSR count). The minimum absolute atomic E-state index is 0.0379. The molecule has 0 radical (unpaired) electrons. The first kappa shape index (κ1) is 17.8. The molecule has 3 aromatic carbocycles. The van der Waals surface area contributed by atoms with Crippen LogP contribution in [0.2, 0.25) is 0 Å². The van der Waals surface area contributed by atoms with Gasteiger partial charge >= 0.3 is 0 Å². The molecular formula is C25H22N2O. The lowest BCUT2D eigenvalue weighted by molar-refractivity contribution is 1.04. The van der Waals surface area contributed by atoms with Crippen LogP contribution in [-0.2, 0) is 0 Å². The van der Waals surface area contributed by atoms with Crippen LogP contribution in [-0.4, -0.2) is 11.6 Å². The van der Waals surface area contributed by atoms with Crippen LogP contribution in [0.5, 0.6) is 0 Å². The first-order valence-electron chi connectivity index (χ1n) is 9.35. The molecule has 0 amide bonds. The third-order valence-corrected chi connectivity index (χ3v) is 4.99. The van der Waals surface area contributed by atoms with Crippen LogP contribution in [0.3, 0.4) is 0 Å². The standard InChI is InChI=1S/C25H22N2O/c1-18-24(28)17-23(19-11-5-3-6-12-19)27(22-16-10-9-15-21(22)26-2)25(18)20-13-7-4-8-14-20/h3-17,26H,1-2H3. The SMILES string of the molecule is CNc1ccccc1-n1c(-c2ccccc2)cc(=O)c(C)c1-c1ccccc1. The fraction of sp³-hybridized carbons (Fsp3) is 0.0800. The Labute approximate surface area is 164 Å². The van der Waals surface area contributed by atoms with Crippen molar-refractivity contribution in [1.29, 1.82) is 0 Å². The van der Waals surface area contributed by atoms with Crippen molar-refractivity contribution in [2.45, 2.75) is 6.92 Å². The van der Waals surface area contributed by atoms with E-state index in [1.807, 2.05) is 80.7 Å². The summed E-state index contributed by atoms with van der Waals surface area (Å²) in [6.07, 6.45) is 0. The van der Waals surface area contributed by atoms with E-state index in [-0.39, 0.29) is 5.43 Å². The third-order valence-electron chi connectivity index (χ3n) is 4.99. The molecule has 0 unspecified atom stereocenters. The Balaban J connectivity index is 2.17. The first-order chi connectivity index (χ1) is 13.7. The number of para-hydroxylation sites is 2. The van der Waals surface area contributed by atoms with Crippen molar-refractivity contribution < 1.29 is 0 Å². The number of benzene rings is 3. The van der Waals surface area contributed by atoms with Crippen molar-refractivity contribution in [3.05, 3.63) is 107 Å². The zero-order chi connectivity index (χ0) is 19.5. The second-order valence-electron chi connectivity index (χ2n) is 6.70. The predicted molar refractivity (Wildman–Crippen MR) is 117 cm³/mol. The number of hydrogen-bond donors (Lipinski definition) is 1. The Morgan fingerprint density at radius 2 is 1.32 bits per heavy atom. The van der Waals surface area contributed by atoms with Gasteiger partial charge in [-0.25, -0.2) is 0 Å². The van der Waals surface area contributed by atoms with Crippen molar-refractivity contribution in [2.75, 3.05) is 12.4 Å². The van der Waals surface area contributed by atoms with Crippen LogP contribution in [0.15, 0.2) is 95.8 Å². The largest absolute Gasteiger partial charge is 0.386 e. The summed E-state index contributed by atoms with van der Waals surface area (Å²) in [6, 6.07) is 30.0. The molecular weight excluding hydrogens is 344 g/mol. The molecule has 0 aliphatic heterocycles. The molecule has 1 heterocycles. The summed E-state index contributed by atoms with van der Waals surface area (Å²) in [6.45, 7) is 1.90. The monoisotopic (exact) mass is 366 g/mol. The molecule has 4 aromatic rings. The Morgan fingerprint density at radius 3 is 1.96 bits per heavy atom. The highest BCUT2D eigenvalue weighted by atomic mass is 16.1. The average Bonchev–Trinajstić information content (AvgIpc) is 2.76. The van der Waals surface area contributed by atoms with Gasteiger partial charge in [-0.15, -0.1) is 0 Å². The molecule has 138 valence electrons. The van der Waals surface area contributed by atoms with Crippen molar-refractivity contribution in [1.82, 2.24) is 4.57 Å². The number of anilines is 1. The van der Waals surface area contributed by atoms with Crippen LogP contribution in [0.4, 0.5) is 5.69 Å². The second kappa shape index (κ2) is 7.57. The van der Waals surface area contributed by atoms with E-state index in [1.54, 1.807) is 6.07 Å². The summed E-state index contributed by atoms with van der Waals surface area (Å²) in [5.74, 6) is 0. The maximum Gasteiger partial charge on any atom is 0.185 e. The molecule has 1 N–H and O–H groups in total. The number of hydrogen-bond acceptors (Lipinski definition) is 2. The van der Waals surface area contributed by atoms with Crippen molar-refractivity contribution in [2.24, 2.45) is 0 Å². The van der Waals surface area contributed by atoms with Gasteiger partial charge in [0.25, 0.3) is 0 Å². The molecule has 3 heteroatoms. The molecule has 0 bridgehead atoms. The summed E-state index contributed by atoms with van der Waals surface area (Å²) in [7, 11) is 1.92. The van der Waals surface area contributed by atoms with E-state index in [2.05, 4.69) is 28.1 Å². The number of rotatable bonds is 4. The Kier molecular flexibility index (Phi) is 4.81. The van der Waals surface area contributed by atoms with Crippen molar-refractivity contribution in [3.8, 4) is 28.2 Å². The van der Waals surface area contributed by atoms with Crippen LogP contribution in [0, 0.1) is 6.92 Å². The molecule has 3 nitrogen and oxygen atoms in total. The molecule has 0 saturated heterocycles. The maximum atomic E-state index is 12.9. The van der Waals surface area contributed by atoms with E-state index in [1.165, 1.54) is 0 Å². The van der Waals surface area contributed by atoms with Crippen LogP contribution in [0.1, 0.15) is 5.56 Å². The lowest BCUT2D eigenvalue weighted by atomic mass is 10.0. The minimum atomic E-state index is 0.0379. The maximum absolute atomic E-state index is 12.9. The van der Waals surface area contributed by atoms with Gasteiger partial charge in [-0.3, -0.25) is 4.79 Å². The van der Waals surface area contributed by atoms with Gasteiger partial charge < -0.3 is 9.88 Å². The smallest absolute Gasteiger partial charge is 0.185 e. The zero-order valence-corrected chi connectivity index (χ0v) is 16.0. The van der Waals surface area contributed by atoms with E-state index >= 15 is 0 Å². The van der Waals surface area contributed by atoms with Gasteiger partial charge in [-0.1, -0.05) is 72.8 Å². The third kappa shape index (κ3) is 3.12. The Bertz CT molecular complexity index is 1160. The summed E-state index contributed by atoms with van der Waals surface area (Å²) >= 11 is 0. The molecule has 0 aliphatic carbocycles. The van der Waals surface area contributed by atoms with Crippen molar-refractivity contribution >= 4 is 5.69 Å². The molecule has 0 saturated carbocycles. The van der Waals surface area contributed by atoms with Crippen molar-refractivity contribution in [3.63, 3.8) is 0 Å². The quantitative estimate of drug-likeness (QED) is 0.516. The van der Waals surface area contributed by atoms with E-state index in [0.29, 0.717) is 0 Å². The summed E-state index contributed by atoms with van der Waals surface area (Å²) in [4.78, 5) is 12.9. The fourth-order valence-electron chi connectivity index (χ4n) is 3.60. The Hall–Kier alpha value is -3.59. The van der Waals surface area contributed by atoms with Gasteiger partial charge in [-0.2, -0.15) is 0 Å². The van der Waals surface area contributed by atoms with Gasteiger partial charge in [0.1, 0.15) is 0 Å². The molecule has 0 fully saturated rings. The number of nitrogens with one attached hydrogen (secondary N) is 1. The van der Waals surface area contributed by atoms with Gasteiger partial charge in [0.15, 0.2) is 5.43 Å². The highest BCUT2D eigenvalue weighted by Gasteiger charge is 2.18. The highest BCUT2D eigenvalue weighted by molar-refractivity contribution is 5.76. The second-order valence-corrected chi connectivity index (χ2v) is 6.70. The Morgan fingerprint density at radius 1 is 0.750 bits per heavy atom. The number of aromatic nitrogens is 1. The topological polar surface area (TPSA) is 34.0 Å². The van der Waals surface area contributed by atoms with Gasteiger partial charge in [0.05, 0.1) is 22.8 Å². The summed E-state index contributed by atoms with van der Waals surface area (Å²) < 4.78 is 2.19. The van der Waals surface area contributed by atoms with Gasteiger partial charge in [0, 0.05) is 18.7 Å². The lowest BCUT2D eigenvalue weighted by Crippen LogP contribution is -2.16. The van der Waals surface area contributed by atoms with E-state index in [0.717, 1.165) is 39.5 Å². The fourth-order valence-corrected chi connectivity index (χ4v) is 3.60. The summed E-state index contributed by atoms with van der Waals surface area (Å²) in [5, 5.41) is 3.29. The normalized spacial score (nSPS) is 10.6. The van der Waals surface area contributed by atoms with E-state index < -0.39 is 0 Å². The highest BCUT2D eigenvalue weighted by Crippen LogP contribution is 2.34. The molecule has 0 atom stereocenters. The summed E-state index contributed by atoms with van der Waals surface area (Å²) in [5.41, 5.74) is 6.58. The molecule has 1 aromatic heterocycles. The minimum Gasteiger partial charge on any atom is -0.386 e. The van der Waals surface area contributed by atoms with Gasteiger partial charge in [-0.05, 0) is 30.2 Å². The number of nitrogens with zero attached hydrogens (tertiary/aromatic N) is 1. The molecule has 28 heavy (non-hydrogen) atoms. The lowest BCUT2D eigenvalue weighted by Gasteiger charge is -2.23. The van der Waals surface area contributed by atoms with Gasteiger partial charge in [0.2, 0.25) is 0 Å². The number of pyridine rings is 1. The average molecular weight is 366 g/mol. The van der Waals surface area contributed by atoms with Crippen LogP contribution in [0.25, 0.3) is 28.2 Å². The van der Waals surface area contributed by atoms with E-state index in [9.17, 15) is 4.79 Å².